The predicted octanol–water partition coefficient (Wildman–Crippen LogP) is 3.81. The van der Waals surface area contributed by atoms with Gasteiger partial charge in [-0.15, -0.1) is 0 Å². The molecule has 29 heavy (non-hydrogen) atoms. The van der Waals surface area contributed by atoms with Crippen molar-refractivity contribution in [1.29, 1.82) is 0 Å². The first-order valence-electron chi connectivity index (χ1n) is 10.3. The van der Waals surface area contributed by atoms with Crippen molar-refractivity contribution < 1.29 is 23.1 Å². The number of carbonyl (C=O) groups is 1. The smallest absolute Gasteiger partial charge is 0.433 e. The normalized spacial score (nSPS) is 30.2. The van der Waals surface area contributed by atoms with Crippen molar-refractivity contribution in [3.8, 4) is 0 Å². The zero-order valence-electron chi connectivity index (χ0n) is 16.7. The number of aliphatic carboxylic acids is 1. The average Bonchev–Trinajstić information content (AvgIpc) is 3.05. The minimum Gasteiger partial charge on any atom is -0.481 e. The maximum Gasteiger partial charge on any atom is 0.433 e. The number of aromatic nitrogens is 2. The van der Waals surface area contributed by atoms with Crippen LogP contribution in [0.4, 0.5) is 24.9 Å². The van der Waals surface area contributed by atoms with E-state index < -0.39 is 17.8 Å². The van der Waals surface area contributed by atoms with Crippen LogP contribution in [-0.2, 0) is 11.0 Å². The van der Waals surface area contributed by atoms with Crippen molar-refractivity contribution in [2.75, 3.05) is 29.4 Å². The Kier molecular flexibility index (Phi) is 4.90. The van der Waals surface area contributed by atoms with Gasteiger partial charge in [-0.3, -0.25) is 4.79 Å². The summed E-state index contributed by atoms with van der Waals surface area (Å²) in [5, 5.41) is 9.37. The van der Waals surface area contributed by atoms with E-state index in [0.717, 1.165) is 31.7 Å². The molecule has 6 nitrogen and oxygen atoms in total. The summed E-state index contributed by atoms with van der Waals surface area (Å²) in [4.78, 5) is 23.4. The summed E-state index contributed by atoms with van der Waals surface area (Å²) in [5.74, 6) is -0.442. The molecule has 9 heteroatoms. The number of hydrogen-bond acceptors (Lipinski definition) is 5. The summed E-state index contributed by atoms with van der Waals surface area (Å²) >= 11 is 0. The highest BCUT2D eigenvalue weighted by molar-refractivity contribution is 5.70. The first-order valence-corrected chi connectivity index (χ1v) is 10.3. The Hall–Kier alpha value is -2.06. The highest BCUT2D eigenvalue weighted by Gasteiger charge is 2.52. The molecule has 160 valence electrons. The standard InChI is InChI=1S/C20H27F3N4O2/c1-3-14(17(28)29)13-9-19(10-13)5-7-26(11-19)16-8-15(20(21,22)23)24-18(25-16)27-6-4-12(27)2/h8,12-14H,3-7,9-11H2,1-2H3,(H,28,29). The molecule has 1 spiro atoms. The van der Waals surface area contributed by atoms with Crippen LogP contribution in [0.5, 0.6) is 0 Å². The van der Waals surface area contributed by atoms with Gasteiger partial charge in [-0.25, -0.2) is 4.98 Å². The van der Waals surface area contributed by atoms with Gasteiger partial charge in [-0.1, -0.05) is 6.92 Å². The molecule has 3 aliphatic rings. The summed E-state index contributed by atoms with van der Waals surface area (Å²) in [5.41, 5.74) is -0.901. The van der Waals surface area contributed by atoms with Crippen molar-refractivity contribution in [3.63, 3.8) is 0 Å². The summed E-state index contributed by atoms with van der Waals surface area (Å²) in [6, 6.07) is 1.19. The Bertz CT molecular complexity index is 794. The number of hydrogen-bond donors (Lipinski definition) is 1. The van der Waals surface area contributed by atoms with Crippen molar-refractivity contribution >= 4 is 17.7 Å². The van der Waals surface area contributed by atoms with Gasteiger partial charge in [0.05, 0.1) is 5.92 Å². The van der Waals surface area contributed by atoms with Crippen molar-refractivity contribution in [3.05, 3.63) is 11.8 Å². The first-order chi connectivity index (χ1) is 13.6. The van der Waals surface area contributed by atoms with Crippen LogP contribution in [0.25, 0.3) is 0 Å². The molecule has 2 atom stereocenters. The van der Waals surface area contributed by atoms with Gasteiger partial charge in [0.25, 0.3) is 0 Å². The second kappa shape index (κ2) is 7.02. The second-order valence-corrected chi connectivity index (χ2v) is 8.93. The van der Waals surface area contributed by atoms with Gasteiger partial charge >= 0.3 is 12.1 Å². The number of anilines is 2. The highest BCUT2D eigenvalue weighted by atomic mass is 19.4. The maximum atomic E-state index is 13.4. The highest BCUT2D eigenvalue weighted by Crippen LogP contribution is 2.55. The Balaban J connectivity index is 1.52. The van der Waals surface area contributed by atoms with E-state index in [1.54, 1.807) is 0 Å². The van der Waals surface area contributed by atoms with Crippen LogP contribution in [-0.4, -0.2) is 46.7 Å². The average molecular weight is 412 g/mol. The molecule has 2 aliphatic heterocycles. The van der Waals surface area contributed by atoms with Crippen LogP contribution in [0, 0.1) is 17.3 Å². The third kappa shape index (κ3) is 3.64. The molecule has 2 unspecified atom stereocenters. The first kappa shape index (κ1) is 20.2. The minimum absolute atomic E-state index is 0.00108. The van der Waals surface area contributed by atoms with Crippen LogP contribution in [0.3, 0.4) is 0 Å². The van der Waals surface area contributed by atoms with E-state index in [0.29, 0.717) is 31.9 Å². The van der Waals surface area contributed by atoms with E-state index >= 15 is 0 Å². The molecule has 1 aromatic rings. The zero-order valence-corrected chi connectivity index (χ0v) is 16.7. The minimum atomic E-state index is -4.52. The molecule has 3 heterocycles. The maximum absolute atomic E-state index is 13.4. The number of nitrogens with zero attached hydrogens (tertiary/aromatic N) is 4. The van der Waals surface area contributed by atoms with Crippen LogP contribution < -0.4 is 9.80 Å². The number of alkyl halides is 3. The van der Waals surface area contributed by atoms with E-state index in [1.165, 1.54) is 0 Å². The topological polar surface area (TPSA) is 69.6 Å². The van der Waals surface area contributed by atoms with Crippen molar-refractivity contribution in [2.24, 2.45) is 17.3 Å². The lowest BCUT2D eigenvalue weighted by Gasteiger charge is -2.47. The third-order valence-corrected chi connectivity index (χ3v) is 7.05. The molecule has 0 radical (unpaired) electrons. The second-order valence-electron chi connectivity index (χ2n) is 8.93. The lowest BCUT2D eigenvalue weighted by molar-refractivity contribution is -0.147. The fraction of sp³-hybridized carbons (Fsp3) is 0.750. The number of carboxylic acid groups (broad SMARTS) is 1. The molecule has 0 amide bonds. The quantitative estimate of drug-likeness (QED) is 0.793. The Labute approximate surface area is 168 Å². The third-order valence-electron chi connectivity index (χ3n) is 7.05. The molecular formula is C20H27F3N4O2. The molecule has 4 rings (SSSR count). The monoisotopic (exact) mass is 412 g/mol. The van der Waals surface area contributed by atoms with E-state index in [9.17, 15) is 23.1 Å². The summed E-state index contributed by atoms with van der Waals surface area (Å²) in [6.07, 6.45) is -0.484. The largest absolute Gasteiger partial charge is 0.481 e. The van der Waals surface area contributed by atoms with Gasteiger partial charge in [0.15, 0.2) is 5.69 Å². The fourth-order valence-corrected chi connectivity index (χ4v) is 5.18. The molecule has 0 aromatic carbocycles. The predicted molar refractivity (Wildman–Crippen MR) is 102 cm³/mol. The van der Waals surface area contributed by atoms with Crippen molar-refractivity contribution in [2.45, 2.75) is 58.2 Å². The van der Waals surface area contributed by atoms with E-state index in [-0.39, 0.29) is 29.2 Å². The van der Waals surface area contributed by atoms with E-state index in [1.807, 2.05) is 23.6 Å². The van der Waals surface area contributed by atoms with Gasteiger partial charge in [-0.05, 0) is 50.4 Å². The number of carboxylic acids is 1. The molecule has 1 N–H and O–H groups in total. The molecule has 3 fully saturated rings. The van der Waals surface area contributed by atoms with Crippen LogP contribution >= 0.6 is 0 Å². The van der Waals surface area contributed by atoms with Gasteiger partial charge in [-0.2, -0.15) is 18.2 Å². The summed E-state index contributed by atoms with van der Waals surface area (Å²) in [6.45, 7) is 5.78. The molecule has 1 aliphatic carbocycles. The summed E-state index contributed by atoms with van der Waals surface area (Å²) < 4.78 is 40.3. The van der Waals surface area contributed by atoms with Gasteiger partial charge in [0, 0.05) is 31.7 Å². The lowest BCUT2D eigenvalue weighted by Crippen LogP contribution is -2.47. The van der Waals surface area contributed by atoms with Crippen LogP contribution in [0.1, 0.15) is 51.6 Å². The number of halogens is 3. The van der Waals surface area contributed by atoms with Crippen LogP contribution in [0.15, 0.2) is 6.07 Å². The van der Waals surface area contributed by atoms with Gasteiger partial charge < -0.3 is 14.9 Å². The van der Waals surface area contributed by atoms with Crippen LogP contribution in [0.2, 0.25) is 0 Å². The van der Waals surface area contributed by atoms with E-state index in [2.05, 4.69) is 9.97 Å². The Morgan fingerprint density at radius 2 is 2.07 bits per heavy atom. The van der Waals surface area contributed by atoms with Crippen molar-refractivity contribution in [1.82, 2.24) is 9.97 Å². The fourth-order valence-electron chi connectivity index (χ4n) is 5.18. The summed E-state index contributed by atoms with van der Waals surface area (Å²) in [7, 11) is 0. The van der Waals surface area contributed by atoms with Gasteiger partial charge in [0.1, 0.15) is 5.82 Å². The van der Waals surface area contributed by atoms with E-state index in [4.69, 9.17) is 0 Å². The molecule has 1 aromatic heterocycles. The molecule has 0 bridgehead atoms. The zero-order chi connectivity index (χ0) is 21.0. The number of rotatable bonds is 5. The molecule has 1 saturated carbocycles. The molecule has 2 saturated heterocycles. The Morgan fingerprint density at radius 1 is 1.34 bits per heavy atom. The molecular weight excluding hydrogens is 385 g/mol. The SMILES string of the molecule is CCC(C(=O)O)C1CC2(CCN(c3cc(C(F)(F)F)nc(N4CCC4C)n3)C2)C1. The van der Waals surface area contributed by atoms with Gasteiger partial charge in [0.2, 0.25) is 5.95 Å². The lowest BCUT2D eigenvalue weighted by atomic mass is 9.57. The Morgan fingerprint density at radius 3 is 2.59 bits per heavy atom.